The van der Waals surface area contributed by atoms with Gasteiger partial charge in [-0.2, -0.15) is 0 Å². The maximum Gasteiger partial charge on any atom is 0.242 e. The molecule has 2 aliphatic rings. The Labute approximate surface area is 102 Å². The van der Waals surface area contributed by atoms with Gasteiger partial charge in [0, 0.05) is 13.6 Å². The normalized spacial score (nSPS) is 29.1. The summed E-state index contributed by atoms with van der Waals surface area (Å²) in [7, 11) is 1.63. The highest BCUT2D eigenvalue weighted by atomic mass is 16.2. The Morgan fingerprint density at radius 2 is 2.06 bits per heavy atom. The van der Waals surface area contributed by atoms with Crippen molar-refractivity contribution in [3.8, 4) is 0 Å². The molecule has 0 bridgehead atoms. The first-order chi connectivity index (χ1) is 8.24. The molecule has 5 heteroatoms. The third-order valence-electron chi connectivity index (χ3n) is 3.69. The Balaban J connectivity index is 2.04. The zero-order valence-corrected chi connectivity index (χ0v) is 10.4. The molecule has 0 aromatic carbocycles. The van der Waals surface area contributed by atoms with Crippen molar-refractivity contribution >= 4 is 11.8 Å². The average Bonchev–Trinajstić information content (AvgIpc) is 2.91. The van der Waals surface area contributed by atoms with Crippen LogP contribution in [0.5, 0.6) is 0 Å². The number of rotatable bonds is 2. The number of amides is 2. The van der Waals surface area contributed by atoms with Crippen molar-refractivity contribution < 1.29 is 9.59 Å². The molecule has 5 nitrogen and oxygen atoms in total. The minimum Gasteiger partial charge on any atom is -0.357 e. The monoisotopic (exact) mass is 239 g/mol. The van der Waals surface area contributed by atoms with Crippen molar-refractivity contribution in [2.24, 2.45) is 0 Å². The quantitative estimate of drug-likeness (QED) is 0.705. The van der Waals surface area contributed by atoms with Crippen LogP contribution in [0.25, 0.3) is 0 Å². The van der Waals surface area contributed by atoms with Crippen molar-refractivity contribution in [3.63, 3.8) is 0 Å². The molecular formula is C12H21N3O2. The lowest BCUT2D eigenvalue weighted by molar-refractivity contribution is -0.143. The van der Waals surface area contributed by atoms with Gasteiger partial charge in [0.2, 0.25) is 11.8 Å². The van der Waals surface area contributed by atoms with Crippen molar-refractivity contribution in [2.75, 3.05) is 20.1 Å². The van der Waals surface area contributed by atoms with Crippen molar-refractivity contribution in [1.82, 2.24) is 15.5 Å². The summed E-state index contributed by atoms with van der Waals surface area (Å²) < 4.78 is 0. The second-order valence-corrected chi connectivity index (χ2v) is 4.81. The number of piperidine rings is 1. The Bertz CT molecular complexity index is 300. The molecule has 2 rings (SSSR count). The first-order valence-corrected chi connectivity index (χ1v) is 6.49. The maximum atomic E-state index is 12.3. The second-order valence-electron chi connectivity index (χ2n) is 4.81. The van der Waals surface area contributed by atoms with Gasteiger partial charge in [-0.15, -0.1) is 0 Å². The Morgan fingerprint density at radius 1 is 1.24 bits per heavy atom. The fourth-order valence-electron chi connectivity index (χ4n) is 2.73. The van der Waals surface area contributed by atoms with Crippen LogP contribution >= 0.6 is 0 Å². The lowest BCUT2D eigenvalue weighted by Gasteiger charge is -2.36. The zero-order valence-electron chi connectivity index (χ0n) is 10.4. The predicted octanol–water partition coefficient (Wildman–Crippen LogP) is -0.134. The van der Waals surface area contributed by atoms with E-state index in [2.05, 4.69) is 10.6 Å². The summed E-state index contributed by atoms with van der Waals surface area (Å²) in [6.07, 6.45) is 4.77. The van der Waals surface area contributed by atoms with Crippen LogP contribution < -0.4 is 10.6 Å². The minimum atomic E-state index is -0.261. The molecule has 2 aliphatic heterocycles. The van der Waals surface area contributed by atoms with E-state index in [9.17, 15) is 9.59 Å². The molecular weight excluding hydrogens is 218 g/mol. The fourth-order valence-corrected chi connectivity index (χ4v) is 2.73. The number of carbonyl (C=O) groups is 2. The predicted molar refractivity (Wildman–Crippen MR) is 64.4 cm³/mol. The molecule has 0 saturated carbocycles. The summed E-state index contributed by atoms with van der Waals surface area (Å²) in [6.45, 7) is 1.63. The maximum absolute atomic E-state index is 12.3. The minimum absolute atomic E-state index is 0.0314. The van der Waals surface area contributed by atoms with E-state index in [1.165, 1.54) is 0 Å². The molecule has 96 valence electrons. The number of hydrogen-bond acceptors (Lipinski definition) is 3. The van der Waals surface area contributed by atoms with Gasteiger partial charge in [-0.1, -0.05) is 0 Å². The van der Waals surface area contributed by atoms with Crippen LogP contribution in [0, 0.1) is 0 Å². The van der Waals surface area contributed by atoms with E-state index in [4.69, 9.17) is 0 Å². The van der Waals surface area contributed by atoms with Crippen LogP contribution in [0.4, 0.5) is 0 Å². The van der Waals surface area contributed by atoms with E-state index >= 15 is 0 Å². The highest BCUT2D eigenvalue weighted by Gasteiger charge is 2.35. The molecule has 2 fully saturated rings. The summed E-state index contributed by atoms with van der Waals surface area (Å²) in [5, 5.41) is 5.87. The van der Waals surface area contributed by atoms with Gasteiger partial charge in [-0.3, -0.25) is 9.59 Å². The third-order valence-corrected chi connectivity index (χ3v) is 3.69. The number of nitrogens with one attached hydrogen (secondary N) is 2. The van der Waals surface area contributed by atoms with Gasteiger partial charge < -0.3 is 15.5 Å². The lowest BCUT2D eigenvalue weighted by atomic mass is 10.00. The summed E-state index contributed by atoms with van der Waals surface area (Å²) in [4.78, 5) is 25.9. The molecule has 2 atom stereocenters. The molecule has 0 spiro atoms. The topological polar surface area (TPSA) is 61.4 Å². The molecule has 2 amide bonds. The van der Waals surface area contributed by atoms with Gasteiger partial charge >= 0.3 is 0 Å². The number of nitrogens with zero attached hydrogens (tertiary/aromatic N) is 1. The second kappa shape index (κ2) is 5.49. The SMILES string of the molecule is CNC(=O)C1CCCCN1C(=O)[C@H]1CCCN1. The number of hydrogen-bond donors (Lipinski definition) is 2. The summed E-state index contributed by atoms with van der Waals surface area (Å²) in [6, 6.07) is -0.330. The molecule has 2 N–H and O–H groups in total. The van der Waals surface area contributed by atoms with Crippen molar-refractivity contribution in [3.05, 3.63) is 0 Å². The first kappa shape index (κ1) is 12.4. The van der Waals surface area contributed by atoms with E-state index in [0.29, 0.717) is 0 Å². The van der Waals surface area contributed by atoms with E-state index in [-0.39, 0.29) is 23.9 Å². The van der Waals surface area contributed by atoms with Crippen LogP contribution in [0.1, 0.15) is 32.1 Å². The largest absolute Gasteiger partial charge is 0.357 e. The molecule has 0 aromatic heterocycles. The molecule has 0 aromatic rings. The van der Waals surface area contributed by atoms with Crippen LogP contribution in [0.15, 0.2) is 0 Å². The molecule has 0 aliphatic carbocycles. The Morgan fingerprint density at radius 3 is 2.71 bits per heavy atom. The van der Waals surface area contributed by atoms with Crippen LogP contribution in [-0.2, 0) is 9.59 Å². The smallest absolute Gasteiger partial charge is 0.242 e. The Kier molecular flexibility index (Phi) is 3.99. The zero-order chi connectivity index (χ0) is 12.3. The van der Waals surface area contributed by atoms with Gasteiger partial charge in [-0.05, 0) is 38.6 Å². The highest BCUT2D eigenvalue weighted by Crippen LogP contribution is 2.20. The van der Waals surface area contributed by atoms with Gasteiger partial charge in [0.05, 0.1) is 6.04 Å². The van der Waals surface area contributed by atoms with E-state index in [0.717, 1.165) is 45.2 Å². The van der Waals surface area contributed by atoms with Gasteiger partial charge in [0.25, 0.3) is 0 Å². The average molecular weight is 239 g/mol. The van der Waals surface area contributed by atoms with E-state index in [1.54, 1.807) is 11.9 Å². The van der Waals surface area contributed by atoms with Crippen LogP contribution in [0.3, 0.4) is 0 Å². The summed E-state index contributed by atoms with van der Waals surface area (Å²) >= 11 is 0. The number of likely N-dealkylation sites (N-methyl/N-ethyl adjacent to an activating group) is 1. The van der Waals surface area contributed by atoms with Crippen molar-refractivity contribution in [2.45, 2.75) is 44.2 Å². The molecule has 1 unspecified atom stereocenters. The first-order valence-electron chi connectivity index (χ1n) is 6.49. The third kappa shape index (κ3) is 2.60. The van der Waals surface area contributed by atoms with Gasteiger partial charge in [0.15, 0.2) is 0 Å². The highest BCUT2D eigenvalue weighted by molar-refractivity contribution is 5.90. The standard InChI is InChI=1S/C12H21N3O2/c1-13-11(16)10-6-2-3-8-15(10)12(17)9-5-4-7-14-9/h9-10,14H,2-8H2,1H3,(H,13,16)/t9-,10?/m1/s1. The summed E-state index contributed by atoms with van der Waals surface area (Å²) in [5.74, 6) is 0.0758. The number of likely N-dealkylation sites (tertiary alicyclic amines) is 1. The molecule has 17 heavy (non-hydrogen) atoms. The fraction of sp³-hybridized carbons (Fsp3) is 0.833. The van der Waals surface area contributed by atoms with Crippen LogP contribution in [0.2, 0.25) is 0 Å². The molecule has 0 radical (unpaired) electrons. The molecule has 2 heterocycles. The van der Waals surface area contributed by atoms with Gasteiger partial charge in [0.1, 0.15) is 6.04 Å². The van der Waals surface area contributed by atoms with Crippen molar-refractivity contribution in [1.29, 1.82) is 0 Å². The van der Waals surface area contributed by atoms with Crippen LogP contribution in [-0.4, -0.2) is 48.9 Å². The van der Waals surface area contributed by atoms with E-state index < -0.39 is 0 Å². The van der Waals surface area contributed by atoms with Gasteiger partial charge in [-0.25, -0.2) is 0 Å². The summed E-state index contributed by atoms with van der Waals surface area (Å²) in [5.41, 5.74) is 0. The molecule has 2 saturated heterocycles. The number of carbonyl (C=O) groups excluding carboxylic acids is 2. The Hall–Kier alpha value is -1.10. The van der Waals surface area contributed by atoms with E-state index in [1.807, 2.05) is 0 Å². The lowest BCUT2D eigenvalue weighted by Crippen LogP contribution is -2.55.